The van der Waals surface area contributed by atoms with Crippen LogP contribution in [-0.4, -0.2) is 96.7 Å². The predicted octanol–water partition coefficient (Wildman–Crippen LogP) is 23.2. The van der Waals surface area contributed by atoms with Crippen molar-refractivity contribution in [1.29, 1.82) is 0 Å². The number of esters is 4. The summed E-state index contributed by atoms with van der Waals surface area (Å²) in [4.78, 5) is 72.8. The Hall–Kier alpha value is -2.46. The molecule has 0 aliphatic rings. The van der Waals surface area contributed by atoms with Crippen LogP contribution in [0.1, 0.15) is 394 Å². The van der Waals surface area contributed by atoms with Gasteiger partial charge in [0.15, 0.2) is 12.2 Å². The maximum atomic E-state index is 13.1. The second-order valence-corrected chi connectivity index (χ2v) is 31.2. The fourth-order valence-corrected chi connectivity index (χ4v) is 13.3. The summed E-state index contributed by atoms with van der Waals surface area (Å²) in [7, 11) is -9.92. The van der Waals surface area contributed by atoms with Crippen molar-refractivity contribution in [3.8, 4) is 0 Å². The maximum absolute atomic E-state index is 13.1. The lowest BCUT2D eigenvalue weighted by atomic mass is 10.0. The molecule has 578 valence electrons. The molecule has 19 heteroatoms. The number of carbonyl (C=O) groups is 4. The van der Waals surface area contributed by atoms with Gasteiger partial charge in [0, 0.05) is 25.7 Å². The van der Waals surface area contributed by atoms with Crippen LogP contribution in [0.5, 0.6) is 0 Å². The Morgan fingerprint density at radius 3 is 0.837 bits per heavy atom. The van der Waals surface area contributed by atoms with Gasteiger partial charge in [-0.15, -0.1) is 0 Å². The highest BCUT2D eigenvalue weighted by molar-refractivity contribution is 7.47. The van der Waals surface area contributed by atoms with E-state index in [2.05, 4.69) is 58.9 Å². The summed E-state index contributed by atoms with van der Waals surface area (Å²) in [6, 6.07) is 0. The number of hydrogen-bond donors (Lipinski definition) is 3. The van der Waals surface area contributed by atoms with Crippen molar-refractivity contribution in [1.82, 2.24) is 0 Å². The summed E-state index contributed by atoms with van der Waals surface area (Å²) in [5, 5.41) is 10.6. The third-order valence-electron chi connectivity index (χ3n) is 17.9. The van der Waals surface area contributed by atoms with E-state index in [0.717, 1.165) is 121 Å². The molecule has 0 rings (SSSR count). The second kappa shape index (κ2) is 71.5. The molecule has 0 radical (unpaired) electrons. The topological polar surface area (TPSA) is 237 Å². The first-order chi connectivity index (χ1) is 47.5. The number of allylic oxidation sites excluding steroid dienone is 4. The van der Waals surface area contributed by atoms with Crippen LogP contribution in [0, 0.1) is 5.92 Å². The van der Waals surface area contributed by atoms with Crippen LogP contribution in [0.2, 0.25) is 0 Å². The highest BCUT2D eigenvalue weighted by Gasteiger charge is 2.30. The van der Waals surface area contributed by atoms with Gasteiger partial charge in [0.05, 0.1) is 26.4 Å². The van der Waals surface area contributed by atoms with E-state index >= 15 is 0 Å². The summed E-state index contributed by atoms with van der Waals surface area (Å²) in [6.45, 7) is 7.22. The molecule has 5 atom stereocenters. The summed E-state index contributed by atoms with van der Waals surface area (Å²) >= 11 is 0. The zero-order valence-electron chi connectivity index (χ0n) is 63.4. The monoisotopic (exact) mass is 1430 g/mol. The smallest absolute Gasteiger partial charge is 0.462 e. The van der Waals surface area contributed by atoms with Crippen molar-refractivity contribution in [2.75, 3.05) is 39.6 Å². The van der Waals surface area contributed by atoms with Crippen molar-refractivity contribution < 1.29 is 80.2 Å². The van der Waals surface area contributed by atoms with E-state index < -0.39 is 97.5 Å². The van der Waals surface area contributed by atoms with Crippen molar-refractivity contribution >= 4 is 39.5 Å². The van der Waals surface area contributed by atoms with Gasteiger partial charge in [-0.2, -0.15) is 0 Å². The van der Waals surface area contributed by atoms with Gasteiger partial charge < -0.3 is 33.8 Å². The second-order valence-electron chi connectivity index (χ2n) is 28.2. The average Bonchev–Trinajstić information content (AvgIpc) is 1.21. The Kier molecular flexibility index (Phi) is 69.7. The number of phosphoric ester groups is 2. The lowest BCUT2D eigenvalue weighted by molar-refractivity contribution is -0.161. The van der Waals surface area contributed by atoms with E-state index in [1.807, 2.05) is 0 Å². The van der Waals surface area contributed by atoms with E-state index in [0.29, 0.717) is 25.7 Å². The molecule has 0 saturated carbocycles. The lowest BCUT2D eigenvalue weighted by Crippen LogP contribution is -2.30. The molecule has 0 amide bonds. The minimum absolute atomic E-state index is 0.0850. The number of carbonyl (C=O) groups excluding carboxylic acids is 4. The zero-order valence-corrected chi connectivity index (χ0v) is 65.2. The molecule has 17 nitrogen and oxygen atoms in total. The number of phosphoric acid groups is 2. The quantitative estimate of drug-likeness (QED) is 0.0169. The van der Waals surface area contributed by atoms with Crippen molar-refractivity contribution in [2.45, 2.75) is 412 Å². The Morgan fingerprint density at radius 2 is 0.551 bits per heavy atom. The third-order valence-corrected chi connectivity index (χ3v) is 19.8. The van der Waals surface area contributed by atoms with Crippen LogP contribution in [0.3, 0.4) is 0 Å². The zero-order chi connectivity index (χ0) is 71.9. The molecule has 0 saturated heterocycles. The molecule has 0 aliphatic heterocycles. The lowest BCUT2D eigenvalue weighted by Gasteiger charge is -2.21. The summed E-state index contributed by atoms with van der Waals surface area (Å²) < 4.78 is 68.5. The number of unbranched alkanes of at least 4 members (excludes halogenated alkanes) is 46. The molecule has 0 aromatic carbocycles. The molecule has 0 spiro atoms. The standard InChI is InChI=1S/C79H150O17P2/c1-6-9-12-15-18-20-22-24-26-27-28-29-30-32-36-41-45-50-55-60-65-79(84)96-75(69-90-77(82)63-58-53-48-43-39-37-33-34-38-42-47-51-56-61-72(4)5)71-94-98(87,88)92-67-73(80)66-91-97(85,86)93-70-74(68-89-76(81)62-57-52-46-17-14-11-8-3)95-78(83)64-59-54-49-44-40-35-31-25-23-21-19-16-13-10-7-2/h21,23,25,31,72-75,80H,6-20,22,24,26-30,32-71H2,1-5H3,(H,85,86)(H,87,88)/b23-21-,31-25-/t73-,74+,75+/m0/s1. The van der Waals surface area contributed by atoms with Gasteiger partial charge in [-0.3, -0.25) is 37.3 Å². The molecule has 0 fully saturated rings. The van der Waals surface area contributed by atoms with Crippen LogP contribution >= 0.6 is 15.6 Å². The number of rotatable bonds is 77. The molecule has 0 aromatic heterocycles. The summed E-state index contributed by atoms with van der Waals surface area (Å²) in [5.41, 5.74) is 0. The first kappa shape index (κ1) is 95.5. The van der Waals surface area contributed by atoms with Crippen LogP contribution in [0.4, 0.5) is 0 Å². The normalized spacial score (nSPS) is 14.1. The Balaban J connectivity index is 5.21. The van der Waals surface area contributed by atoms with E-state index in [1.165, 1.54) is 193 Å². The predicted molar refractivity (Wildman–Crippen MR) is 400 cm³/mol. The molecule has 0 bridgehead atoms. The van der Waals surface area contributed by atoms with Gasteiger partial charge >= 0.3 is 39.5 Å². The average molecular weight is 1430 g/mol. The first-order valence-electron chi connectivity index (χ1n) is 40.5. The van der Waals surface area contributed by atoms with Crippen LogP contribution < -0.4 is 0 Å². The molecule has 3 N–H and O–H groups in total. The van der Waals surface area contributed by atoms with Gasteiger partial charge in [-0.25, -0.2) is 9.13 Å². The number of aliphatic hydroxyl groups is 1. The molecule has 0 heterocycles. The van der Waals surface area contributed by atoms with Crippen molar-refractivity contribution in [3.63, 3.8) is 0 Å². The molecule has 0 aliphatic carbocycles. The third kappa shape index (κ3) is 71.9. The Morgan fingerprint density at radius 1 is 0.316 bits per heavy atom. The van der Waals surface area contributed by atoms with Gasteiger partial charge in [-0.05, 0) is 57.3 Å². The molecular formula is C79H150O17P2. The minimum Gasteiger partial charge on any atom is -0.462 e. The largest absolute Gasteiger partial charge is 0.472 e. The van der Waals surface area contributed by atoms with Gasteiger partial charge in [0.1, 0.15) is 19.3 Å². The van der Waals surface area contributed by atoms with Crippen molar-refractivity contribution in [3.05, 3.63) is 24.3 Å². The summed E-state index contributed by atoms with van der Waals surface area (Å²) in [6.07, 6.45) is 64.8. The SMILES string of the molecule is CCCCCC/C=C\C=C/CCCCCCCC(=O)O[C@H](COC(=O)CCCCCCCCC)COP(=O)(O)OC[C@H](O)COP(=O)(O)OC[C@@H](COC(=O)CCCCCCCCCCCCCCCC(C)C)OC(=O)CCCCCCCCCCCCCCCCCCCCCC. The molecular weight excluding hydrogens is 1280 g/mol. The molecule has 98 heavy (non-hydrogen) atoms. The molecule has 2 unspecified atom stereocenters. The van der Waals surface area contributed by atoms with E-state index in [4.69, 9.17) is 37.0 Å². The highest BCUT2D eigenvalue weighted by Crippen LogP contribution is 2.45. The van der Waals surface area contributed by atoms with Gasteiger partial charge in [-0.1, -0.05) is 341 Å². The maximum Gasteiger partial charge on any atom is 0.472 e. The van der Waals surface area contributed by atoms with Gasteiger partial charge in [0.25, 0.3) is 0 Å². The highest BCUT2D eigenvalue weighted by atomic mass is 31.2. The Bertz CT molecular complexity index is 1970. The van der Waals surface area contributed by atoms with Crippen LogP contribution in [0.15, 0.2) is 24.3 Å². The van der Waals surface area contributed by atoms with E-state index in [-0.39, 0.29) is 25.7 Å². The number of aliphatic hydroxyl groups excluding tert-OH is 1. The molecule has 0 aromatic rings. The first-order valence-corrected chi connectivity index (χ1v) is 43.4. The fraction of sp³-hybridized carbons (Fsp3) is 0.899. The van der Waals surface area contributed by atoms with E-state index in [9.17, 15) is 43.2 Å². The Labute approximate surface area is 599 Å². The van der Waals surface area contributed by atoms with Gasteiger partial charge in [0.2, 0.25) is 0 Å². The van der Waals surface area contributed by atoms with Crippen LogP contribution in [0.25, 0.3) is 0 Å². The minimum atomic E-state index is -4.96. The van der Waals surface area contributed by atoms with E-state index in [1.54, 1.807) is 0 Å². The summed E-state index contributed by atoms with van der Waals surface area (Å²) in [5.74, 6) is -1.36. The number of hydrogen-bond acceptors (Lipinski definition) is 15. The fourth-order valence-electron chi connectivity index (χ4n) is 11.7. The van der Waals surface area contributed by atoms with Crippen LogP contribution in [-0.2, 0) is 65.4 Å². The van der Waals surface area contributed by atoms with Crippen molar-refractivity contribution in [2.24, 2.45) is 5.92 Å². The number of ether oxygens (including phenoxy) is 4.